The van der Waals surface area contributed by atoms with Gasteiger partial charge in [0.25, 0.3) is 0 Å². The van der Waals surface area contributed by atoms with E-state index in [9.17, 15) is 0 Å². The topological polar surface area (TPSA) is 24.1 Å². The first-order valence-electron chi connectivity index (χ1n) is 14.3. The molecular weight excluding hydrogens is 400 g/mol. The van der Waals surface area contributed by atoms with Crippen LogP contribution in [-0.2, 0) is 5.41 Å². The summed E-state index contributed by atoms with van der Waals surface area (Å²) in [6.45, 7) is 13.6. The molecule has 0 radical (unpaired) electrons. The highest BCUT2D eigenvalue weighted by Crippen LogP contribution is 2.50. The van der Waals surface area contributed by atoms with Crippen LogP contribution in [0.3, 0.4) is 0 Å². The quantitative estimate of drug-likeness (QED) is 0.387. The molecule has 2 heteroatoms. The molecule has 184 valence electrons. The third-order valence-corrected chi connectivity index (χ3v) is 8.43. The SMILES string of the molecule is CC(C)CNCC1(CNCC(C)C)C=C(C2CCCCC2)c2c(C3CCCCC3)cccc21. The first-order chi connectivity index (χ1) is 16.0. The van der Waals surface area contributed by atoms with Gasteiger partial charge in [-0.15, -0.1) is 0 Å². The molecule has 0 aliphatic heterocycles. The van der Waals surface area contributed by atoms with Crippen molar-refractivity contribution >= 4 is 5.57 Å². The van der Waals surface area contributed by atoms with Gasteiger partial charge >= 0.3 is 0 Å². The van der Waals surface area contributed by atoms with Crippen LogP contribution < -0.4 is 10.6 Å². The first kappa shape index (κ1) is 25.0. The number of hydrogen-bond donors (Lipinski definition) is 2. The van der Waals surface area contributed by atoms with Crippen LogP contribution in [0.4, 0.5) is 0 Å². The van der Waals surface area contributed by atoms with E-state index < -0.39 is 0 Å². The smallest absolute Gasteiger partial charge is 0.0393 e. The highest BCUT2D eigenvalue weighted by Gasteiger charge is 2.41. The van der Waals surface area contributed by atoms with Crippen LogP contribution in [0, 0.1) is 17.8 Å². The van der Waals surface area contributed by atoms with Gasteiger partial charge in [-0.05, 0) is 84.7 Å². The standard InChI is InChI=1S/C31H50N2/c1-23(2)19-32-21-31(22-33-20-24(3)4)18-28(26-14-9-6-10-15-26)30-27(16-11-17-29(30)31)25-12-7-5-8-13-25/h11,16-18,23-26,32-33H,5-10,12-15,19-22H2,1-4H3. The lowest BCUT2D eigenvalue weighted by atomic mass is 9.75. The van der Waals surface area contributed by atoms with Gasteiger partial charge in [0.2, 0.25) is 0 Å². The molecule has 3 aliphatic carbocycles. The Bertz CT molecular complexity index is 764. The van der Waals surface area contributed by atoms with E-state index in [1.54, 1.807) is 22.3 Å². The van der Waals surface area contributed by atoms with Crippen molar-refractivity contribution in [3.05, 3.63) is 41.0 Å². The molecule has 2 fully saturated rings. The Morgan fingerprint density at radius 1 is 0.758 bits per heavy atom. The molecule has 4 rings (SSSR count). The fraction of sp³-hybridized carbons (Fsp3) is 0.742. The molecule has 0 unspecified atom stereocenters. The monoisotopic (exact) mass is 450 g/mol. The predicted molar refractivity (Wildman–Crippen MR) is 144 cm³/mol. The Hall–Kier alpha value is -1.12. The Balaban J connectivity index is 1.74. The minimum Gasteiger partial charge on any atom is -0.315 e. The number of nitrogens with one attached hydrogen (secondary N) is 2. The van der Waals surface area contributed by atoms with Crippen molar-refractivity contribution in [2.45, 2.75) is 103 Å². The lowest BCUT2D eigenvalue weighted by Gasteiger charge is -2.32. The molecule has 0 amide bonds. The van der Waals surface area contributed by atoms with Gasteiger partial charge in [-0.2, -0.15) is 0 Å². The molecule has 2 N–H and O–H groups in total. The highest BCUT2D eigenvalue weighted by atomic mass is 14.9. The zero-order valence-corrected chi connectivity index (χ0v) is 22.0. The van der Waals surface area contributed by atoms with Crippen LogP contribution in [-0.4, -0.2) is 26.2 Å². The van der Waals surface area contributed by atoms with E-state index >= 15 is 0 Å². The van der Waals surface area contributed by atoms with Crippen LogP contribution in [0.15, 0.2) is 24.3 Å². The summed E-state index contributed by atoms with van der Waals surface area (Å²) in [7, 11) is 0. The molecule has 2 saturated carbocycles. The summed E-state index contributed by atoms with van der Waals surface area (Å²) < 4.78 is 0. The van der Waals surface area contributed by atoms with Crippen LogP contribution in [0.2, 0.25) is 0 Å². The molecule has 2 nitrogen and oxygen atoms in total. The maximum atomic E-state index is 3.88. The third kappa shape index (κ3) is 5.93. The summed E-state index contributed by atoms with van der Waals surface area (Å²) in [5, 5.41) is 7.77. The van der Waals surface area contributed by atoms with Crippen molar-refractivity contribution < 1.29 is 0 Å². The normalized spacial score (nSPS) is 21.6. The molecule has 0 spiro atoms. The second kappa shape index (κ2) is 11.5. The Morgan fingerprint density at radius 2 is 1.30 bits per heavy atom. The zero-order valence-electron chi connectivity index (χ0n) is 22.0. The lowest BCUT2D eigenvalue weighted by Crippen LogP contribution is -2.45. The van der Waals surface area contributed by atoms with E-state index in [-0.39, 0.29) is 5.41 Å². The van der Waals surface area contributed by atoms with Crippen molar-refractivity contribution in [3.8, 4) is 0 Å². The molecule has 0 atom stereocenters. The lowest BCUT2D eigenvalue weighted by molar-refractivity contribution is 0.412. The van der Waals surface area contributed by atoms with Crippen molar-refractivity contribution in [1.29, 1.82) is 0 Å². The molecule has 0 aromatic heterocycles. The summed E-state index contributed by atoms with van der Waals surface area (Å²) in [6, 6.07) is 7.38. The number of rotatable bonds is 10. The summed E-state index contributed by atoms with van der Waals surface area (Å²) >= 11 is 0. The number of allylic oxidation sites excluding steroid dienone is 1. The minimum atomic E-state index is 0.0799. The Labute approximate surface area is 204 Å². The van der Waals surface area contributed by atoms with E-state index in [0.717, 1.165) is 38.0 Å². The second-order valence-corrected chi connectivity index (χ2v) is 12.2. The predicted octanol–water partition coefficient (Wildman–Crippen LogP) is 7.44. The average Bonchev–Trinajstić information content (AvgIpc) is 3.14. The van der Waals surface area contributed by atoms with Crippen molar-refractivity contribution in [3.63, 3.8) is 0 Å². The number of hydrogen-bond acceptors (Lipinski definition) is 2. The summed E-state index contributed by atoms with van der Waals surface area (Å²) in [5.74, 6) is 2.90. The van der Waals surface area contributed by atoms with Crippen molar-refractivity contribution in [1.82, 2.24) is 10.6 Å². The number of fused-ring (bicyclic) bond motifs is 1. The molecule has 0 heterocycles. The highest BCUT2D eigenvalue weighted by molar-refractivity contribution is 5.81. The largest absolute Gasteiger partial charge is 0.315 e. The molecule has 1 aromatic rings. The molecule has 0 saturated heterocycles. The van der Waals surface area contributed by atoms with Crippen molar-refractivity contribution in [2.75, 3.05) is 26.2 Å². The van der Waals surface area contributed by atoms with Gasteiger partial charge in [-0.3, -0.25) is 0 Å². The number of benzene rings is 1. The van der Waals surface area contributed by atoms with E-state index in [1.807, 2.05) is 0 Å². The van der Waals surface area contributed by atoms with Gasteiger partial charge in [-0.25, -0.2) is 0 Å². The van der Waals surface area contributed by atoms with Gasteiger partial charge < -0.3 is 10.6 Å². The Kier molecular flexibility index (Phi) is 8.74. The van der Waals surface area contributed by atoms with Crippen LogP contribution >= 0.6 is 0 Å². The van der Waals surface area contributed by atoms with E-state index in [4.69, 9.17) is 0 Å². The summed E-state index contributed by atoms with van der Waals surface area (Å²) in [5.41, 5.74) is 6.81. The maximum absolute atomic E-state index is 3.88. The molecular formula is C31H50N2. The van der Waals surface area contributed by atoms with Crippen LogP contribution in [0.1, 0.15) is 115 Å². The third-order valence-electron chi connectivity index (χ3n) is 8.43. The van der Waals surface area contributed by atoms with Gasteiger partial charge in [0.05, 0.1) is 0 Å². The molecule has 1 aromatic carbocycles. The molecule has 0 bridgehead atoms. The molecule has 3 aliphatic rings. The van der Waals surface area contributed by atoms with E-state index in [1.165, 1.54) is 64.2 Å². The average molecular weight is 451 g/mol. The van der Waals surface area contributed by atoms with Crippen LogP contribution in [0.25, 0.3) is 5.57 Å². The van der Waals surface area contributed by atoms with Gasteiger partial charge in [0.15, 0.2) is 0 Å². The fourth-order valence-corrected chi connectivity index (χ4v) is 6.77. The Morgan fingerprint density at radius 3 is 1.85 bits per heavy atom. The van der Waals surface area contributed by atoms with Gasteiger partial charge in [-0.1, -0.05) is 90.5 Å². The van der Waals surface area contributed by atoms with Crippen LogP contribution in [0.5, 0.6) is 0 Å². The van der Waals surface area contributed by atoms with Gasteiger partial charge in [0.1, 0.15) is 0 Å². The summed E-state index contributed by atoms with van der Waals surface area (Å²) in [4.78, 5) is 0. The molecule has 33 heavy (non-hydrogen) atoms. The van der Waals surface area contributed by atoms with Crippen molar-refractivity contribution in [2.24, 2.45) is 17.8 Å². The minimum absolute atomic E-state index is 0.0799. The summed E-state index contributed by atoms with van der Waals surface area (Å²) in [6.07, 6.45) is 16.8. The van der Waals surface area contributed by atoms with E-state index in [0.29, 0.717) is 11.8 Å². The zero-order chi connectivity index (χ0) is 23.3. The van der Waals surface area contributed by atoms with Gasteiger partial charge in [0, 0.05) is 18.5 Å². The maximum Gasteiger partial charge on any atom is 0.0393 e. The fourth-order valence-electron chi connectivity index (χ4n) is 6.77. The first-order valence-corrected chi connectivity index (χ1v) is 14.3. The second-order valence-electron chi connectivity index (χ2n) is 12.2. The van der Waals surface area contributed by atoms with E-state index in [2.05, 4.69) is 62.6 Å².